The number of benzene rings is 2. The van der Waals surface area contributed by atoms with Crippen LogP contribution in [0.25, 0.3) is 0 Å². The third-order valence-electron chi connectivity index (χ3n) is 7.12. The lowest BCUT2D eigenvalue weighted by Crippen LogP contribution is -2.53. The Morgan fingerprint density at radius 1 is 1.08 bits per heavy atom. The van der Waals surface area contributed by atoms with Crippen LogP contribution in [0.1, 0.15) is 55.7 Å². The fraction of sp³-hybridized carbons (Fsp3) is 0.500. The molecule has 0 heterocycles. The highest BCUT2D eigenvalue weighted by molar-refractivity contribution is 7.92. The van der Waals surface area contributed by atoms with Crippen LogP contribution >= 0.6 is 0 Å². The number of hydrogen-bond acceptors (Lipinski definition) is 5. The van der Waals surface area contributed by atoms with Crippen LogP contribution in [0.15, 0.2) is 42.5 Å². The van der Waals surface area contributed by atoms with Crippen LogP contribution in [0, 0.1) is 13.8 Å². The SMILES string of the molecule is CC[C@H](C(=O)NC1CCCC1)N(Cc1ccc(OC)cc1)C(=O)CN(c1cccc(C)c1C)S(C)(=O)=O. The molecule has 2 aromatic rings. The summed E-state index contributed by atoms with van der Waals surface area (Å²) in [5.74, 6) is 0.0512. The summed E-state index contributed by atoms with van der Waals surface area (Å²) in [6.45, 7) is 5.38. The maximum absolute atomic E-state index is 13.9. The lowest BCUT2D eigenvalue weighted by Gasteiger charge is -2.33. The fourth-order valence-corrected chi connectivity index (χ4v) is 5.72. The number of carbonyl (C=O) groups is 2. The van der Waals surface area contributed by atoms with E-state index in [-0.39, 0.29) is 18.5 Å². The molecule has 37 heavy (non-hydrogen) atoms. The van der Waals surface area contributed by atoms with Crippen LogP contribution in [-0.4, -0.2) is 57.1 Å². The molecule has 202 valence electrons. The van der Waals surface area contributed by atoms with Gasteiger partial charge in [-0.05, 0) is 68.0 Å². The second-order valence-electron chi connectivity index (χ2n) is 9.77. The zero-order valence-electron chi connectivity index (χ0n) is 22.5. The summed E-state index contributed by atoms with van der Waals surface area (Å²) >= 11 is 0. The summed E-state index contributed by atoms with van der Waals surface area (Å²) in [5.41, 5.74) is 2.99. The van der Waals surface area contributed by atoms with Crippen molar-refractivity contribution in [2.24, 2.45) is 0 Å². The summed E-state index contributed by atoms with van der Waals surface area (Å²) in [5, 5.41) is 3.12. The van der Waals surface area contributed by atoms with Gasteiger partial charge in [0.15, 0.2) is 0 Å². The zero-order chi connectivity index (χ0) is 27.2. The van der Waals surface area contributed by atoms with Crippen molar-refractivity contribution in [2.45, 2.75) is 71.5 Å². The van der Waals surface area contributed by atoms with Gasteiger partial charge in [-0.1, -0.05) is 44.0 Å². The summed E-state index contributed by atoms with van der Waals surface area (Å²) < 4.78 is 32.1. The van der Waals surface area contributed by atoms with Gasteiger partial charge in [-0.3, -0.25) is 13.9 Å². The number of rotatable bonds is 11. The summed E-state index contributed by atoms with van der Waals surface area (Å²) in [6.07, 6.45) is 5.53. The Hall–Kier alpha value is -3.07. The highest BCUT2D eigenvalue weighted by atomic mass is 32.2. The van der Waals surface area contributed by atoms with Crippen LogP contribution in [0.3, 0.4) is 0 Å². The van der Waals surface area contributed by atoms with Gasteiger partial charge in [0, 0.05) is 12.6 Å². The van der Waals surface area contributed by atoms with Gasteiger partial charge >= 0.3 is 0 Å². The first-order valence-corrected chi connectivity index (χ1v) is 14.7. The van der Waals surface area contributed by atoms with Crippen molar-refractivity contribution in [3.63, 3.8) is 0 Å². The number of nitrogens with one attached hydrogen (secondary N) is 1. The molecule has 1 aliphatic carbocycles. The van der Waals surface area contributed by atoms with Gasteiger partial charge < -0.3 is 15.0 Å². The predicted octanol–water partition coefficient (Wildman–Crippen LogP) is 3.94. The second kappa shape index (κ2) is 12.4. The van der Waals surface area contributed by atoms with Gasteiger partial charge in [0.1, 0.15) is 18.3 Å². The van der Waals surface area contributed by atoms with Crippen molar-refractivity contribution in [3.8, 4) is 5.75 Å². The average molecular weight is 530 g/mol. The first-order valence-electron chi connectivity index (χ1n) is 12.8. The topological polar surface area (TPSA) is 96.0 Å². The Labute approximate surface area is 221 Å². The van der Waals surface area contributed by atoms with Gasteiger partial charge in [-0.25, -0.2) is 8.42 Å². The molecule has 0 spiro atoms. The maximum Gasteiger partial charge on any atom is 0.244 e. The lowest BCUT2D eigenvalue weighted by atomic mass is 10.1. The molecule has 1 aliphatic rings. The maximum atomic E-state index is 13.9. The number of anilines is 1. The van der Waals surface area contributed by atoms with E-state index in [0.29, 0.717) is 17.9 Å². The van der Waals surface area contributed by atoms with Crippen molar-refractivity contribution < 1.29 is 22.7 Å². The van der Waals surface area contributed by atoms with Gasteiger partial charge in [0.05, 0.1) is 19.1 Å². The number of amides is 2. The molecule has 1 atom stereocenters. The highest BCUT2D eigenvalue weighted by Crippen LogP contribution is 2.26. The number of hydrogen-bond donors (Lipinski definition) is 1. The number of carbonyl (C=O) groups excluding carboxylic acids is 2. The van der Waals surface area contributed by atoms with Crippen LogP contribution < -0.4 is 14.4 Å². The molecule has 2 amide bonds. The number of methoxy groups -OCH3 is 1. The van der Waals surface area contributed by atoms with Crippen molar-refractivity contribution in [2.75, 3.05) is 24.2 Å². The van der Waals surface area contributed by atoms with Gasteiger partial charge in [-0.2, -0.15) is 0 Å². The second-order valence-corrected chi connectivity index (χ2v) is 11.7. The Morgan fingerprint density at radius 2 is 1.73 bits per heavy atom. The minimum absolute atomic E-state index is 0.113. The lowest BCUT2D eigenvalue weighted by molar-refractivity contribution is -0.140. The highest BCUT2D eigenvalue weighted by Gasteiger charge is 2.33. The molecule has 0 aliphatic heterocycles. The van der Waals surface area contributed by atoms with Crippen LogP contribution in [0.5, 0.6) is 5.75 Å². The third kappa shape index (κ3) is 7.25. The standard InChI is InChI=1S/C28H39N3O5S/c1-6-25(28(33)29-23-11-7-8-12-23)30(18-22-14-16-24(36-4)17-15-22)27(32)19-31(37(5,34)35)26-13-9-10-20(2)21(26)3/h9-10,13-17,23,25H,6-8,11-12,18-19H2,1-5H3,(H,29,33)/t25-/m1/s1. The Kier molecular flexibility index (Phi) is 9.59. The molecule has 0 bridgehead atoms. The van der Waals surface area contributed by atoms with Crippen molar-refractivity contribution >= 4 is 27.5 Å². The van der Waals surface area contributed by atoms with E-state index in [4.69, 9.17) is 4.74 Å². The molecule has 0 unspecified atom stereocenters. The van der Waals surface area contributed by atoms with Crippen molar-refractivity contribution in [1.29, 1.82) is 0 Å². The quantitative estimate of drug-likeness (QED) is 0.476. The molecular formula is C28H39N3O5S. The van der Waals surface area contributed by atoms with Crippen molar-refractivity contribution in [3.05, 3.63) is 59.2 Å². The molecule has 0 radical (unpaired) electrons. The Bertz CT molecular complexity index is 1190. The molecule has 1 saturated carbocycles. The van der Waals surface area contributed by atoms with E-state index < -0.39 is 28.5 Å². The Balaban J connectivity index is 1.95. The molecule has 0 saturated heterocycles. The molecule has 9 heteroatoms. The van der Waals surface area contributed by atoms with E-state index in [2.05, 4.69) is 5.32 Å². The van der Waals surface area contributed by atoms with Crippen LogP contribution in [0.4, 0.5) is 5.69 Å². The van der Waals surface area contributed by atoms with E-state index in [1.807, 2.05) is 39.0 Å². The number of nitrogens with zero attached hydrogens (tertiary/aromatic N) is 2. The average Bonchev–Trinajstić information content (AvgIpc) is 3.37. The zero-order valence-corrected chi connectivity index (χ0v) is 23.3. The molecule has 1 N–H and O–H groups in total. The molecule has 0 aromatic heterocycles. The van der Waals surface area contributed by atoms with Crippen molar-refractivity contribution in [1.82, 2.24) is 10.2 Å². The van der Waals surface area contributed by atoms with Gasteiger partial charge in [0.25, 0.3) is 0 Å². The van der Waals surface area contributed by atoms with E-state index in [9.17, 15) is 18.0 Å². The van der Waals surface area contributed by atoms with Gasteiger partial charge in [-0.15, -0.1) is 0 Å². The predicted molar refractivity (Wildman–Crippen MR) is 146 cm³/mol. The summed E-state index contributed by atoms with van der Waals surface area (Å²) in [4.78, 5) is 28.7. The normalized spacial score (nSPS) is 14.7. The minimum Gasteiger partial charge on any atom is -0.497 e. The number of sulfonamides is 1. The number of aryl methyl sites for hydroxylation is 1. The largest absolute Gasteiger partial charge is 0.497 e. The fourth-order valence-electron chi connectivity index (χ4n) is 4.82. The molecule has 8 nitrogen and oxygen atoms in total. The molecule has 3 rings (SSSR count). The van der Waals surface area contributed by atoms with E-state index in [1.54, 1.807) is 31.4 Å². The van der Waals surface area contributed by atoms with E-state index in [1.165, 1.54) is 4.90 Å². The molecular weight excluding hydrogens is 490 g/mol. The summed E-state index contributed by atoms with van der Waals surface area (Å²) in [6, 6.07) is 12.1. The van der Waals surface area contributed by atoms with E-state index >= 15 is 0 Å². The van der Waals surface area contributed by atoms with Crippen LogP contribution in [0.2, 0.25) is 0 Å². The third-order valence-corrected chi connectivity index (χ3v) is 8.25. The smallest absolute Gasteiger partial charge is 0.244 e. The first kappa shape index (κ1) is 28.5. The monoisotopic (exact) mass is 529 g/mol. The van der Waals surface area contributed by atoms with E-state index in [0.717, 1.165) is 52.9 Å². The Morgan fingerprint density at radius 3 is 2.30 bits per heavy atom. The number of ether oxygens (including phenoxy) is 1. The molecule has 2 aromatic carbocycles. The minimum atomic E-state index is -3.77. The molecule has 1 fully saturated rings. The van der Waals surface area contributed by atoms with Crippen LogP contribution in [-0.2, 0) is 26.2 Å². The summed E-state index contributed by atoms with van der Waals surface area (Å²) in [7, 11) is -2.19. The first-order chi connectivity index (χ1) is 17.5. The van der Waals surface area contributed by atoms with Gasteiger partial charge in [0.2, 0.25) is 21.8 Å².